The Balaban J connectivity index is 2.47. The van der Waals surface area contributed by atoms with E-state index in [0.29, 0.717) is 6.54 Å². The van der Waals surface area contributed by atoms with E-state index < -0.39 is 0 Å². The molecule has 0 spiro atoms. The van der Waals surface area contributed by atoms with Gasteiger partial charge in [-0.3, -0.25) is 4.79 Å². The topological polar surface area (TPSA) is 29.1 Å². The summed E-state index contributed by atoms with van der Waals surface area (Å²) in [7, 11) is 0. The standard InChI is InChI=1S/C12H16FNO/c1-3-9(2)12(15)14-8-10-5-4-6-11(13)7-10/h4-7,9H,3,8H2,1-2H3,(H,14,15). The highest BCUT2D eigenvalue weighted by molar-refractivity contribution is 5.78. The van der Waals surface area contributed by atoms with E-state index in [-0.39, 0.29) is 17.6 Å². The summed E-state index contributed by atoms with van der Waals surface area (Å²) in [6.07, 6.45) is 0.814. The molecule has 1 aromatic rings. The first-order valence-electron chi connectivity index (χ1n) is 5.15. The largest absolute Gasteiger partial charge is 0.352 e. The highest BCUT2D eigenvalue weighted by atomic mass is 19.1. The summed E-state index contributed by atoms with van der Waals surface area (Å²) in [5.74, 6) is -0.245. The molecule has 2 nitrogen and oxygen atoms in total. The average Bonchev–Trinajstić information content (AvgIpc) is 2.25. The second kappa shape index (κ2) is 5.49. The van der Waals surface area contributed by atoms with Crippen LogP contribution in [0.25, 0.3) is 0 Å². The van der Waals surface area contributed by atoms with Crippen LogP contribution in [-0.4, -0.2) is 5.91 Å². The molecule has 1 atom stereocenters. The van der Waals surface area contributed by atoms with Gasteiger partial charge in [0.05, 0.1) is 0 Å². The molecule has 0 fully saturated rings. The van der Waals surface area contributed by atoms with E-state index in [9.17, 15) is 9.18 Å². The number of hydrogen-bond acceptors (Lipinski definition) is 1. The third kappa shape index (κ3) is 3.70. The summed E-state index contributed by atoms with van der Waals surface area (Å²) >= 11 is 0. The molecule has 1 rings (SSSR count). The molecular weight excluding hydrogens is 193 g/mol. The Hall–Kier alpha value is -1.38. The van der Waals surface area contributed by atoms with E-state index in [2.05, 4.69) is 5.32 Å². The monoisotopic (exact) mass is 209 g/mol. The molecule has 0 radical (unpaired) electrons. The third-order valence-electron chi connectivity index (χ3n) is 2.42. The number of hydrogen-bond donors (Lipinski definition) is 1. The van der Waals surface area contributed by atoms with Gasteiger partial charge in [-0.2, -0.15) is 0 Å². The molecule has 1 aromatic carbocycles. The molecule has 0 heterocycles. The summed E-state index contributed by atoms with van der Waals surface area (Å²) in [5, 5.41) is 2.77. The molecule has 1 unspecified atom stereocenters. The SMILES string of the molecule is CCC(C)C(=O)NCc1cccc(F)c1. The highest BCUT2D eigenvalue weighted by Crippen LogP contribution is 2.04. The Kier molecular flexibility index (Phi) is 4.28. The Morgan fingerprint density at radius 3 is 2.87 bits per heavy atom. The Morgan fingerprint density at radius 2 is 2.27 bits per heavy atom. The first-order chi connectivity index (χ1) is 7.13. The number of carbonyl (C=O) groups excluding carboxylic acids is 1. The first-order valence-corrected chi connectivity index (χ1v) is 5.15. The lowest BCUT2D eigenvalue weighted by Crippen LogP contribution is -2.28. The fourth-order valence-electron chi connectivity index (χ4n) is 1.20. The molecule has 0 aliphatic heterocycles. The highest BCUT2D eigenvalue weighted by Gasteiger charge is 2.09. The van der Waals surface area contributed by atoms with Gasteiger partial charge in [-0.15, -0.1) is 0 Å². The maximum atomic E-state index is 12.8. The lowest BCUT2D eigenvalue weighted by Gasteiger charge is -2.09. The van der Waals surface area contributed by atoms with Gasteiger partial charge in [-0.25, -0.2) is 4.39 Å². The first kappa shape index (κ1) is 11.7. The van der Waals surface area contributed by atoms with Crippen LogP contribution in [0.4, 0.5) is 4.39 Å². The van der Waals surface area contributed by atoms with Crippen LogP contribution in [0.3, 0.4) is 0 Å². The quantitative estimate of drug-likeness (QED) is 0.811. The zero-order chi connectivity index (χ0) is 11.3. The summed E-state index contributed by atoms with van der Waals surface area (Å²) in [6.45, 7) is 4.23. The molecule has 0 aromatic heterocycles. The Labute approximate surface area is 89.5 Å². The minimum Gasteiger partial charge on any atom is -0.352 e. The summed E-state index contributed by atoms with van der Waals surface area (Å²) in [6, 6.07) is 6.25. The number of benzene rings is 1. The molecule has 0 aliphatic carbocycles. The van der Waals surface area contributed by atoms with Crippen molar-refractivity contribution < 1.29 is 9.18 Å². The van der Waals surface area contributed by atoms with E-state index in [1.807, 2.05) is 13.8 Å². The smallest absolute Gasteiger partial charge is 0.223 e. The van der Waals surface area contributed by atoms with Gasteiger partial charge in [-0.05, 0) is 24.1 Å². The molecule has 82 valence electrons. The van der Waals surface area contributed by atoms with E-state index in [4.69, 9.17) is 0 Å². The van der Waals surface area contributed by atoms with E-state index in [1.165, 1.54) is 12.1 Å². The fourth-order valence-corrected chi connectivity index (χ4v) is 1.20. The van der Waals surface area contributed by atoms with Crippen molar-refractivity contribution in [3.8, 4) is 0 Å². The van der Waals surface area contributed by atoms with Crippen LogP contribution in [0, 0.1) is 11.7 Å². The summed E-state index contributed by atoms with van der Waals surface area (Å²) in [5.41, 5.74) is 0.784. The lowest BCUT2D eigenvalue weighted by molar-refractivity contribution is -0.124. The normalized spacial score (nSPS) is 12.2. The van der Waals surface area contributed by atoms with Crippen LogP contribution >= 0.6 is 0 Å². The van der Waals surface area contributed by atoms with Crippen molar-refractivity contribution in [2.45, 2.75) is 26.8 Å². The van der Waals surface area contributed by atoms with Gasteiger partial charge < -0.3 is 5.32 Å². The molecule has 0 aliphatic rings. The second-order valence-corrected chi connectivity index (χ2v) is 3.66. The van der Waals surface area contributed by atoms with Crippen LogP contribution < -0.4 is 5.32 Å². The van der Waals surface area contributed by atoms with E-state index >= 15 is 0 Å². The van der Waals surface area contributed by atoms with Gasteiger partial charge in [0.1, 0.15) is 5.82 Å². The van der Waals surface area contributed by atoms with E-state index in [0.717, 1.165) is 12.0 Å². The number of amides is 1. The van der Waals surface area contributed by atoms with Gasteiger partial charge in [-0.1, -0.05) is 26.0 Å². The average molecular weight is 209 g/mol. The Bertz CT molecular complexity index is 338. The van der Waals surface area contributed by atoms with Crippen molar-refractivity contribution in [1.29, 1.82) is 0 Å². The predicted octanol–water partition coefficient (Wildman–Crippen LogP) is 2.49. The van der Waals surface area contributed by atoms with Crippen LogP contribution in [0.5, 0.6) is 0 Å². The van der Waals surface area contributed by atoms with Crippen molar-refractivity contribution >= 4 is 5.91 Å². The van der Waals surface area contributed by atoms with Gasteiger partial charge >= 0.3 is 0 Å². The van der Waals surface area contributed by atoms with E-state index in [1.54, 1.807) is 12.1 Å². The number of carbonyl (C=O) groups is 1. The van der Waals surface area contributed by atoms with Gasteiger partial charge in [0.25, 0.3) is 0 Å². The number of nitrogens with one attached hydrogen (secondary N) is 1. The molecule has 3 heteroatoms. The lowest BCUT2D eigenvalue weighted by atomic mass is 10.1. The summed E-state index contributed by atoms with van der Waals surface area (Å²) < 4.78 is 12.8. The number of rotatable bonds is 4. The second-order valence-electron chi connectivity index (χ2n) is 3.66. The molecule has 0 bridgehead atoms. The van der Waals surface area contributed by atoms with Gasteiger partial charge in [0, 0.05) is 12.5 Å². The van der Waals surface area contributed by atoms with Crippen LogP contribution in [0.1, 0.15) is 25.8 Å². The maximum Gasteiger partial charge on any atom is 0.223 e. The number of halogens is 1. The van der Waals surface area contributed by atoms with Gasteiger partial charge in [0.15, 0.2) is 0 Å². The Morgan fingerprint density at radius 1 is 1.53 bits per heavy atom. The molecule has 1 amide bonds. The summed E-state index contributed by atoms with van der Waals surface area (Å²) in [4.78, 5) is 11.4. The fraction of sp³-hybridized carbons (Fsp3) is 0.417. The van der Waals surface area contributed by atoms with Crippen molar-refractivity contribution in [3.05, 3.63) is 35.6 Å². The minimum absolute atomic E-state index is 0.0126. The van der Waals surface area contributed by atoms with Crippen molar-refractivity contribution in [3.63, 3.8) is 0 Å². The maximum absolute atomic E-state index is 12.8. The third-order valence-corrected chi connectivity index (χ3v) is 2.42. The zero-order valence-corrected chi connectivity index (χ0v) is 9.09. The van der Waals surface area contributed by atoms with Crippen LogP contribution in [0.15, 0.2) is 24.3 Å². The van der Waals surface area contributed by atoms with Crippen LogP contribution in [0.2, 0.25) is 0 Å². The molecule has 15 heavy (non-hydrogen) atoms. The minimum atomic E-state index is -0.273. The van der Waals surface area contributed by atoms with Gasteiger partial charge in [0.2, 0.25) is 5.91 Å². The van der Waals surface area contributed by atoms with Crippen molar-refractivity contribution in [1.82, 2.24) is 5.32 Å². The zero-order valence-electron chi connectivity index (χ0n) is 9.09. The molecule has 1 N–H and O–H groups in total. The predicted molar refractivity (Wildman–Crippen MR) is 57.7 cm³/mol. The molecular formula is C12H16FNO. The molecule has 0 saturated carbocycles. The van der Waals surface area contributed by atoms with Crippen molar-refractivity contribution in [2.75, 3.05) is 0 Å². The van der Waals surface area contributed by atoms with Crippen LogP contribution in [-0.2, 0) is 11.3 Å². The molecule has 0 saturated heterocycles. The van der Waals surface area contributed by atoms with Crippen molar-refractivity contribution in [2.24, 2.45) is 5.92 Å².